The average molecular weight is 295 g/mol. The third-order valence-corrected chi connectivity index (χ3v) is 2.64. The van der Waals surface area contributed by atoms with Crippen LogP contribution in [0.2, 0.25) is 0 Å². The van der Waals surface area contributed by atoms with Gasteiger partial charge in [0.1, 0.15) is 11.8 Å². The van der Waals surface area contributed by atoms with Crippen molar-refractivity contribution in [2.75, 3.05) is 6.54 Å². The summed E-state index contributed by atoms with van der Waals surface area (Å²) in [5.74, 6) is -1.68. The first kappa shape index (κ1) is 16.3. The smallest absolute Gasteiger partial charge is 0.326 e. The number of carbonyl (C=O) groups is 3. The van der Waals surface area contributed by atoms with E-state index in [1.807, 2.05) is 0 Å². The molecule has 1 aromatic rings. The Morgan fingerprint density at radius 2 is 1.81 bits per heavy atom. The van der Waals surface area contributed by atoms with Crippen LogP contribution in [0.15, 0.2) is 24.3 Å². The number of primary amides is 1. The fourth-order valence-corrected chi connectivity index (χ4v) is 1.58. The van der Waals surface area contributed by atoms with Crippen molar-refractivity contribution in [3.63, 3.8) is 0 Å². The lowest BCUT2D eigenvalue weighted by Crippen LogP contribution is -2.47. The number of nitrogens with two attached hydrogens (primary N) is 1. The summed E-state index contributed by atoms with van der Waals surface area (Å²) in [6.07, 6.45) is 0.0436. The quantitative estimate of drug-likeness (QED) is 0.463. The molecule has 0 aliphatic rings. The number of carboxylic acids is 1. The van der Waals surface area contributed by atoms with Gasteiger partial charge in [0.05, 0.1) is 0 Å². The maximum absolute atomic E-state index is 11.5. The number of hydrogen-bond donors (Lipinski definition) is 5. The van der Waals surface area contributed by atoms with Crippen LogP contribution < -0.4 is 16.4 Å². The monoisotopic (exact) mass is 295 g/mol. The molecule has 8 nitrogen and oxygen atoms in total. The highest BCUT2D eigenvalue weighted by molar-refractivity contribution is 5.83. The lowest BCUT2D eigenvalue weighted by molar-refractivity contribution is -0.139. The maximum Gasteiger partial charge on any atom is 0.326 e. The molecule has 21 heavy (non-hydrogen) atoms. The number of benzene rings is 1. The minimum absolute atomic E-state index is 0.0247. The Labute approximate surface area is 120 Å². The van der Waals surface area contributed by atoms with Crippen LogP contribution >= 0.6 is 0 Å². The average Bonchev–Trinajstić information content (AvgIpc) is 2.40. The summed E-state index contributed by atoms with van der Waals surface area (Å²) >= 11 is 0. The Kier molecular flexibility index (Phi) is 5.99. The van der Waals surface area contributed by atoms with Crippen LogP contribution in [0, 0.1) is 0 Å². The Balaban J connectivity index is 2.53. The number of phenols is 1. The summed E-state index contributed by atoms with van der Waals surface area (Å²) in [4.78, 5) is 33.1. The van der Waals surface area contributed by atoms with E-state index < -0.39 is 23.9 Å². The van der Waals surface area contributed by atoms with Gasteiger partial charge in [0.2, 0.25) is 5.91 Å². The Morgan fingerprint density at radius 3 is 2.33 bits per heavy atom. The van der Waals surface area contributed by atoms with Crippen LogP contribution in [0.5, 0.6) is 5.75 Å². The SMILES string of the molecule is NC(=O)CCNC(=O)NC(Cc1ccc(O)cc1)C(=O)O. The van der Waals surface area contributed by atoms with Crippen LogP contribution in [0.1, 0.15) is 12.0 Å². The zero-order chi connectivity index (χ0) is 15.8. The van der Waals surface area contributed by atoms with E-state index in [1.165, 1.54) is 12.1 Å². The Morgan fingerprint density at radius 1 is 1.19 bits per heavy atom. The summed E-state index contributed by atoms with van der Waals surface area (Å²) in [6.45, 7) is 0.0344. The van der Waals surface area contributed by atoms with E-state index in [1.54, 1.807) is 12.1 Å². The largest absolute Gasteiger partial charge is 0.508 e. The predicted molar refractivity (Wildman–Crippen MR) is 73.6 cm³/mol. The van der Waals surface area contributed by atoms with Crippen LogP contribution in [-0.2, 0) is 16.0 Å². The second-order valence-electron chi connectivity index (χ2n) is 4.38. The van der Waals surface area contributed by atoms with E-state index in [9.17, 15) is 14.4 Å². The van der Waals surface area contributed by atoms with Crippen molar-refractivity contribution < 1.29 is 24.6 Å². The molecule has 0 spiro atoms. The number of aromatic hydroxyl groups is 1. The molecule has 1 rings (SSSR count). The van der Waals surface area contributed by atoms with E-state index in [-0.39, 0.29) is 25.1 Å². The Hall–Kier alpha value is -2.77. The van der Waals surface area contributed by atoms with Gasteiger partial charge in [-0.1, -0.05) is 12.1 Å². The summed E-state index contributed by atoms with van der Waals surface area (Å²) in [5, 5.41) is 22.9. The molecule has 0 aliphatic heterocycles. The van der Waals surface area contributed by atoms with Crippen molar-refractivity contribution in [1.82, 2.24) is 10.6 Å². The minimum atomic E-state index is -1.19. The molecular formula is C13H17N3O5. The molecule has 0 radical (unpaired) electrons. The molecule has 0 aliphatic carbocycles. The summed E-state index contributed by atoms with van der Waals surface area (Å²) < 4.78 is 0. The van der Waals surface area contributed by atoms with Crippen molar-refractivity contribution >= 4 is 17.9 Å². The van der Waals surface area contributed by atoms with Crippen molar-refractivity contribution in [2.24, 2.45) is 5.73 Å². The molecule has 0 saturated heterocycles. The normalized spacial score (nSPS) is 11.4. The topological polar surface area (TPSA) is 142 Å². The van der Waals surface area contributed by atoms with E-state index >= 15 is 0 Å². The number of amides is 3. The van der Waals surface area contributed by atoms with E-state index in [2.05, 4.69) is 10.6 Å². The molecule has 1 atom stereocenters. The Bertz CT molecular complexity index is 515. The first-order chi connectivity index (χ1) is 9.88. The van der Waals surface area contributed by atoms with Gasteiger partial charge in [-0.15, -0.1) is 0 Å². The molecule has 8 heteroatoms. The zero-order valence-electron chi connectivity index (χ0n) is 11.2. The van der Waals surface area contributed by atoms with E-state index in [0.29, 0.717) is 5.56 Å². The lowest BCUT2D eigenvalue weighted by atomic mass is 10.1. The highest BCUT2D eigenvalue weighted by Crippen LogP contribution is 2.11. The van der Waals surface area contributed by atoms with Gasteiger partial charge in [-0.25, -0.2) is 9.59 Å². The van der Waals surface area contributed by atoms with Crippen LogP contribution in [0.25, 0.3) is 0 Å². The fourth-order valence-electron chi connectivity index (χ4n) is 1.58. The lowest BCUT2D eigenvalue weighted by Gasteiger charge is -2.15. The first-order valence-electron chi connectivity index (χ1n) is 6.22. The number of urea groups is 1. The number of carbonyl (C=O) groups excluding carboxylic acids is 2. The summed E-state index contributed by atoms with van der Waals surface area (Å²) in [5.41, 5.74) is 5.57. The molecule has 6 N–H and O–H groups in total. The third-order valence-electron chi connectivity index (χ3n) is 2.64. The molecule has 0 fully saturated rings. The maximum atomic E-state index is 11.5. The van der Waals surface area contributed by atoms with Crippen LogP contribution in [0.4, 0.5) is 4.79 Å². The first-order valence-corrected chi connectivity index (χ1v) is 6.22. The second kappa shape index (κ2) is 7.73. The number of rotatable bonds is 7. The van der Waals surface area contributed by atoms with E-state index in [4.69, 9.17) is 15.9 Å². The molecule has 0 saturated carbocycles. The zero-order valence-corrected chi connectivity index (χ0v) is 11.2. The molecule has 0 aromatic heterocycles. The van der Waals surface area contributed by atoms with Gasteiger partial charge >= 0.3 is 12.0 Å². The van der Waals surface area contributed by atoms with Crippen molar-refractivity contribution in [1.29, 1.82) is 0 Å². The molecule has 3 amide bonds. The number of hydrogen-bond acceptors (Lipinski definition) is 4. The van der Waals surface area contributed by atoms with Gasteiger partial charge in [-0.2, -0.15) is 0 Å². The number of aliphatic carboxylic acids is 1. The number of carboxylic acid groups (broad SMARTS) is 1. The number of nitrogens with one attached hydrogen (secondary N) is 2. The van der Waals surface area contributed by atoms with Gasteiger partial charge in [-0.05, 0) is 17.7 Å². The fraction of sp³-hybridized carbons (Fsp3) is 0.308. The molecular weight excluding hydrogens is 278 g/mol. The molecule has 0 bridgehead atoms. The van der Waals surface area contributed by atoms with Gasteiger partial charge in [0, 0.05) is 19.4 Å². The van der Waals surface area contributed by atoms with Gasteiger partial charge < -0.3 is 26.6 Å². The van der Waals surface area contributed by atoms with Crippen molar-refractivity contribution in [3.8, 4) is 5.75 Å². The van der Waals surface area contributed by atoms with Crippen LogP contribution in [0.3, 0.4) is 0 Å². The highest BCUT2D eigenvalue weighted by Gasteiger charge is 2.20. The standard InChI is InChI=1S/C13H17N3O5/c14-11(18)5-6-15-13(21)16-10(12(19)20)7-8-1-3-9(17)4-2-8/h1-4,10,17H,5-7H2,(H2,14,18)(H,19,20)(H2,15,16,21). The summed E-state index contributed by atoms with van der Waals surface area (Å²) in [6, 6.07) is 4.18. The van der Waals surface area contributed by atoms with Gasteiger partial charge in [-0.3, -0.25) is 4.79 Å². The molecule has 1 aromatic carbocycles. The minimum Gasteiger partial charge on any atom is -0.508 e. The summed E-state index contributed by atoms with van der Waals surface area (Å²) in [7, 11) is 0. The second-order valence-corrected chi connectivity index (χ2v) is 4.38. The van der Waals surface area contributed by atoms with Crippen LogP contribution in [-0.4, -0.2) is 40.7 Å². The third kappa shape index (κ3) is 6.28. The molecule has 114 valence electrons. The van der Waals surface area contributed by atoms with Gasteiger partial charge in [0.25, 0.3) is 0 Å². The predicted octanol–water partition coefficient (Wildman–Crippen LogP) is -0.437. The molecule has 0 heterocycles. The highest BCUT2D eigenvalue weighted by atomic mass is 16.4. The number of phenolic OH excluding ortho intramolecular Hbond substituents is 1. The van der Waals surface area contributed by atoms with Crippen molar-refractivity contribution in [3.05, 3.63) is 29.8 Å². The van der Waals surface area contributed by atoms with E-state index in [0.717, 1.165) is 0 Å². The van der Waals surface area contributed by atoms with Crippen molar-refractivity contribution in [2.45, 2.75) is 18.9 Å². The molecule has 1 unspecified atom stereocenters. The van der Waals surface area contributed by atoms with Gasteiger partial charge in [0.15, 0.2) is 0 Å².